The molecular formula is C24H39F17NO2P. The van der Waals surface area contributed by atoms with Crippen LogP contribution in [0.2, 0.25) is 0 Å². The SMILES string of the molecule is CC(=O)O[P-](F)(F)(C(F)(F)C(F)(F)F)(C(F)(F)C(F)(F)F)C(F)(F)C(F)(F)F.CC(C)(C)[N+](C(C)(C)C)(C(C)(C)C)C(C)(C)C. The van der Waals surface area contributed by atoms with Crippen molar-refractivity contribution in [3.05, 3.63) is 0 Å². The van der Waals surface area contributed by atoms with Gasteiger partial charge in [-0.3, -0.25) is 0 Å². The molecule has 0 radical (unpaired) electrons. The van der Waals surface area contributed by atoms with Crippen molar-refractivity contribution >= 4 is 12.8 Å². The Kier molecular flexibility index (Phi) is 10.8. The molecule has 0 rings (SSSR count). The van der Waals surface area contributed by atoms with Gasteiger partial charge in [0.1, 0.15) is 0 Å². The molecule has 0 unspecified atom stereocenters. The second-order valence-corrected chi connectivity index (χ2v) is 18.9. The van der Waals surface area contributed by atoms with Gasteiger partial charge in [-0.25, -0.2) is 0 Å². The van der Waals surface area contributed by atoms with E-state index >= 15 is 0 Å². The summed E-state index contributed by atoms with van der Waals surface area (Å²) < 4.78 is 223. The number of carbonyl (C=O) groups excluding carboxylic acids is 1. The number of nitrogens with zero attached hydrogens (tertiary/aromatic N) is 1. The molecule has 0 aromatic rings. The largest absolute Gasteiger partial charge is 0.307 e. The van der Waals surface area contributed by atoms with Crippen molar-refractivity contribution in [1.29, 1.82) is 0 Å². The molecule has 0 aliphatic heterocycles. The van der Waals surface area contributed by atoms with Crippen LogP contribution in [0.25, 0.3) is 0 Å². The van der Waals surface area contributed by atoms with E-state index in [0.717, 1.165) is 4.48 Å². The smallest absolute Gasteiger partial charge is 0.0918 e. The van der Waals surface area contributed by atoms with Gasteiger partial charge in [-0.15, -0.1) is 0 Å². The Morgan fingerprint density at radius 2 is 0.600 bits per heavy atom. The van der Waals surface area contributed by atoms with Crippen molar-refractivity contribution in [3.63, 3.8) is 0 Å². The van der Waals surface area contributed by atoms with Crippen molar-refractivity contribution in [2.24, 2.45) is 0 Å². The fourth-order valence-corrected chi connectivity index (χ4v) is 11.5. The van der Waals surface area contributed by atoms with Gasteiger partial charge in [-0.2, -0.15) is 0 Å². The van der Waals surface area contributed by atoms with Gasteiger partial charge in [-0.1, -0.05) is 0 Å². The Morgan fingerprint density at radius 1 is 0.444 bits per heavy atom. The zero-order valence-corrected chi connectivity index (χ0v) is 27.5. The van der Waals surface area contributed by atoms with Gasteiger partial charge >= 0.3 is 139 Å². The van der Waals surface area contributed by atoms with Crippen LogP contribution in [0.1, 0.15) is 90.0 Å². The van der Waals surface area contributed by atoms with Crippen molar-refractivity contribution in [2.75, 3.05) is 0 Å². The summed E-state index contributed by atoms with van der Waals surface area (Å²) in [5.41, 5.74) is -27.8. The topological polar surface area (TPSA) is 26.3 Å². The van der Waals surface area contributed by atoms with Crippen LogP contribution in [-0.4, -0.2) is 68.1 Å². The van der Waals surface area contributed by atoms with E-state index in [1.165, 1.54) is 4.52 Å². The second kappa shape index (κ2) is 10.6. The van der Waals surface area contributed by atoms with Crippen LogP contribution < -0.4 is 0 Å². The average Bonchev–Trinajstić information content (AvgIpc) is 2.59. The normalized spacial score (nSPS) is 17.6. The van der Waals surface area contributed by atoms with Crippen LogP contribution in [0.5, 0.6) is 0 Å². The Morgan fingerprint density at radius 3 is 0.667 bits per heavy atom. The van der Waals surface area contributed by atoms with Crippen LogP contribution >= 0.6 is 6.79 Å². The summed E-state index contributed by atoms with van der Waals surface area (Å²) in [6.45, 7) is 13.1. The molecule has 0 aliphatic rings. The molecule has 0 fully saturated rings. The van der Waals surface area contributed by atoms with Gasteiger partial charge in [0, 0.05) is 0 Å². The number of halogens is 17. The molecule has 0 atom stereocenters. The summed E-state index contributed by atoms with van der Waals surface area (Å²) in [7, 11) is 0. The first-order chi connectivity index (χ1) is 18.5. The number of alkyl halides is 15. The maximum Gasteiger partial charge on any atom is 0.0918 e. The van der Waals surface area contributed by atoms with Gasteiger partial charge in [0.05, 0.1) is 22.2 Å². The number of quaternary nitrogens is 1. The maximum atomic E-state index is 14.6. The zero-order valence-electron chi connectivity index (χ0n) is 26.6. The zero-order chi connectivity index (χ0) is 38.2. The molecule has 45 heavy (non-hydrogen) atoms. The molecule has 0 heterocycles. The molecule has 0 N–H and O–H groups in total. The molecule has 0 amide bonds. The average molecular weight is 728 g/mol. The predicted octanol–water partition coefficient (Wildman–Crippen LogP) is 11.8. The molecule has 21 heteroatoms. The third-order valence-electron chi connectivity index (χ3n) is 7.21. The number of hydrogen-bond donors (Lipinski definition) is 0. The Labute approximate surface area is 249 Å². The minimum atomic E-state index is -14.5. The van der Waals surface area contributed by atoms with E-state index < -0.39 is 55.2 Å². The van der Waals surface area contributed by atoms with E-state index in [1.807, 2.05) is 0 Å². The Hall–Kier alpha value is -1.33. The van der Waals surface area contributed by atoms with Gasteiger partial charge in [0.15, 0.2) is 0 Å². The molecule has 276 valence electrons. The molecule has 0 aromatic carbocycles. The van der Waals surface area contributed by atoms with Crippen molar-refractivity contribution in [2.45, 2.75) is 148 Å². The fourth-order valence-electron chi connectivity index (χ4n) is 7.85. The molecule has 3 nitrogen and oxygen atoms in total. The summed E-state index contributed by atoms with van der Waals surface area (Å²) in [5, 5.41) is 0. The summed E-state index contributed by atoms with van der Waals surface area (Å²) in [6, 6.07) is 0. The fraction of sp³-hybridized carbons (Fsp3) is 0.958. The van der Waals surface area contributed by atoms with Gasteiger partial charge in [0.2, 0.25) is 0 Å². The number of carbonyl (C=O) groups is 1. The minimum absolute atomic E-state index is 0.203. The van der Waals surface area contributed by atoms with E-state index in [2.05, 4.69) is 83.1 Å². The van der Waals surface area contributed by atoms with Gasteiger partial charge in [-0.05, 0) is 83.1 Å². The third kappa shape index (κ3) is 5.46. The van der Waals surface area contributed by atoms with Crippen LogP contribution in [0.3, 0.4) is 0 Å². The standard InChI is InChI=1S/C16H36N.C8H3F17O2P/c1-13(2,3)17(14(4,5)6,15(7,8)9)16(10,11)12;1-2(26)27-28(24,25,6(18,19)3(9,10)11,7(20,21)4(12,13)14)8(22,23)5(15,16)17/h1-12H3;1H3/q+1;-1. The van der Waals surface area contributed by atoms with Crippen LogP contribution in [-0.2, 0) is 9.32 Å². The molecule has 0 spiro atoms. The minimum Gasteiger partial charge on any atom is -0.307 e. The van der Waals surface area contributed by atoms with E-state index in [0.29, 0.717) is 0 Å². The van der Waals surface area contributed by atoms with E-state index in [1.54, 1.807) is 0 Å². The number of hydrogen-bond acceptors (Lipinski definition) is 2. The van der Waals surface area contributed by atoms with Crippen LogP contribution in [0, 0.1) is 0 Å². The van der Waals surface area contributed by atoms with Gasteiger partial charge in [0.25, 0.3) is 0 Å². The summed E-state index contributed by atoms with van der Waals surface area (Å²) in [6.07, 6.45) is -25.9. The summed E-state index contributed by atoms with van der Waals surface area (Å²) >= 11 is 0. The van der Waals surface area contributed by atoms with Crippen LogP contribution in [0.15, 0.2) is 0 Å². The quantitative estimate of drug-likeness (QED) is 0.164. The molecule has 0 saturated heterocycles. The first-order valence-corrected chi connectivity index (χ1v) is 15.0. The first kappa shape index (κ1) is 45.8. The van der Waals surface area contributed by atoms with Crippen molar-refractivity contribution in [3.8, 4) is 0 Å². The Bertz CT molecular complexity index is 972. The maximum absolute atomic E-state index is 14.6. The van der Waals surface area contributed by atoms with E-state index in [-0.39, 0.29) is 22.2 Å². The van der Waals surface area contributed by atoms with Gasteiger partial charge < -0.3 is 4.48 Å². The number of rotatable bonds is 4. The van der Waals surface area contributed by atoms with Crippen molar-refractivity contribution < 1.29 is 88.1 Å². The first-order valence-electron chi connectivity index (χ1n) is 12.6. The second-order valence-electron chi connectivity index (χ2n) is 14.4. The van der Waals surface area contributed by atoms with E-state index in [4.69, 9.17) is 0 Å². The third-order valence-corrected chi connectivity index (χ3v) is 12.3. The van der Waals surface area contributed by atoms with Crippen LogP contribution in [0.4, 0.5) is 74.3 Å². The summed E-state index contributed by atoms with van der Waals surface area (Å²) in [5.74, 6) is -3.85. The molecule has 0 saturated carbocycles. The van der Waals surface area contributed by atoms with E-state index in [9.17, 15) is 79.0 Å². The summed E-state index contributed by atoms with van der Waals surface area (Å²) in [4.78, 5) is 10.4. The Balaban J connectivity index is 0. The molecular weight excluding hydrogens is 688 g/mol. The molecule has 0 bridgehead atoms. The molecule has 0 aromatic heterocycles. The monoisotopic (exact) mass is 727 g/mol. The predicted molar refractivity (Wildman–Crippen MR) is 133 cm³/mol. The van der Waals surface area contributed by atoms with Crippen molar-refractivity contribution in [1.82, 2.24) is 0 Å². The molecule has 0 aliphatic carbocycles.